The zero-order valence-electron chi connectivity index (χ0n) is 9.37. The van der Waals surface area contributed by atoms with Gasteiger partial charge in [0.25, 0.3) is 0 Å². The van der Waals surface area contributed by atoms with Crippen LogP contribution < -0.4 is 0 Å². The van der Waals surface area contributed by atoms with Crippen molar-refractivity contribution in [2.24, 2.45) is 0 Å². The van der Waals surface area contributed by atoms with Gasteiger partial charge in [0.15, 0.2) is 5.65 Å². The SMILES string of the molecule is CSc1nc(-c2ccccc2)cn2ccnc12. The third-order valence-electron chi connectivity index (χ3n) is 2.61. The topological polar surface area (TPSA) is 30.2 Å². The Hall–Kier alpha value is -1.81. The molecule has 0 saturated carbocycles. The zero-order valence-corrected chi connectivity index (χ0v) is 10.2. The number of thioether (sulfide) groups is 1. The summed E-state index contributed by atoms with van der Waals surface area (Å²) in [6, 6.07) is 10.2. The molecule has 3 rings (SSSR count). The molecule has 0 fully saturated rings. The highest BCUT2D eigenvalue weighted by atomic mass is 32.2. The maximum Gasteiger partial charge on any atom is 0.169 e. The molecule has 3 aromatic rings. The van der Waals surface area contributed by atoms with Gasteiger partial charge in [-0.3, -0.25) is 0 Å². The fraction of sp³-hybridized carbons (Fsp3) is 0.0769. The van der Waals surface area contributed by atoms with Gasteiger partial charge in [-0.15, -0.1) is 11.8 Å². The number of hydrogen-bond donors (Lipinski definition) is 0. The molecule has 0 unspecified atom stereocenters. The molecule has 0 aliphatic rings. The maximum absolute atomic E-state index is 4.64. The molecule has 17 heavy (non-hydrogen) atoms. The number of fused-ring (bicyclic) bond motifs is 1. The van der Waals surface area contributed by atoms with E-state index < -0.39 is 0 Å². The predicted octanol–water partition coefficient (Wildman–Crippen LogP) is 3.12. The van der Waals surface area contributed by atoms with E-state index in [1.54, 1.807) is 18.0 Å². The van der Waals surface area contributed by atoms with Crippen molar-refractivity contribution >= 4 is 17.4 Å². The molecule has 0 atom stereocenters. The lowest BCUT2D eigenvalue weighted by Gasteiger charge is -2.05. The van der Waals surface area contributed by atoms with Crippen molar-refractivity contribution in [3.63, 3.8) is 0 Å². The molecule has 4 heteroatoms. The molecule has 0 aliphatic heterocycles. The van der Waals surface area contributed by atoms with Crippen LogP contribution in [0.25, 0.3) is 16.9 Å². The van der Waals surface area contributed by atoms with Crippen LogP contribution in [0.3, 0.4) is 0 Å². The Kier molecular flexibility index (Phi) is 2.57. The highest BCUT2D eigenvalue weighted by molar-refractivity contribution is 7.98. The van der Waals surface area contributed by atoms with Gasteiger partial charge in [-0.25, -0.2) is 9.97 Å². The van der Waals surface area contributed by atoms with Crippen LogP contribution in [-0.4, -0.2) is 20.6 Å². The maximum atomic E-state index is 4.64. The van der Waals surface area contributed by atoms with Gasteiger partial charge < -0.3 is 4.40 Å². The normalized spacial score (nSPS) is 10.9. The highest BCUT2D eigenvalue weighted by Crippen LogP contribution is 2.23. The Morgan fingerprint density at radius 2 is 2.00 bits per heavy atom. The van der Waals surface area contributed by atoms with E-state index in [4.69, 9.17) is 0 Å². The molecule has 0 radical (unpaired) electrons. The first kappa shape index (κ1) is 10.4. The quantitative estimate of drug-likeness (QED) is 0.646. The Labute approximate surface area is 104 Å². The minimum Gasteiger partial charge on any atom is -0.303 e. The van der Waals surface area contributed by atoms with E-state index >= 15 is 0 Å². The van der Waals surface area contributed by atoms with Crippen LogP contribution in [-0.2, 0) is 0 Å². The fourth-order valence-corrected chi connectivity index (χ4v) is 2.32. The van der Waals surface area contributed by atoms with E-state index in [1.165, 1.54) is 0 Å². The van der Waals surface area contributed by atoms with Crippen molar-refractivity contribution in [2.75, 3.05) is 6.26 Å². The minimum atomic E-state index is 0.914. The van der Waals surface area contributed by atoms with Gasteiger partial charge in [-0.05, 0) is 6.26 Å². The zero-order chi connectivity index (χ0) is 11.7. The minimum absolute atomic E-state index is 0.914. The second kappa shape index (κ2) is 4.22. The summed E-state index contributed by atoms with van der Waals surface area (Å²) in [6.07, 6.45) is 7.78. The van der Waals surface area contributed by atoms with Gasteiger partial charge in [-0.2, -0.15) is 0 Å². The Morgan fingerprint density at radius 3 is 2.76 bits per heavy atom. The summed E-state index contributed by atoms with van der Waals surface area (Å²) < 4.78 is 2.02. The van der Waals surface area contributed by atoms with Gasteiger partial charge in [0.1, 0.15) is 5.03 Å². The average molecular weight is 241 g/mol. The Morgan fingerprint density at radius 1 is 1.18 bits per heavy atom. The molecular weight excluding hydrogens is 230 g/mol. The number of benzene rings is 1. The molecule has 0 saturated heterocycles. The van der Waals surface area contributed by atoms with Crippen LogP contribution in [0.5, 0.6) is 0 Å². The Bertz CT molecular complexity index is 646. The van der Waals surface area contributed by atoms with Gasteiger partial charge in [0.05, 0.1) is 5.69 Å². The van der Waals surface area contributed by atoms with Gasteiger partial charge in [0, 0.05) is 24.2 Å². The van der Waals surface area contributed by atoms with Crippen molar-refractivity contribution in [1.29, 1.82) is 0 Å². The van der Waals surface area contributed by atoms with Crippen molar-refractivity contribution < 1.29 is 0 Å². The number of hydrogen-bond acceptors (Lipinski definition) is 3. The predicted molar refractivity (Wildman–Crippen MR) is 70.2 cm³/mol. The van der Waals surface area contributed by atoms with E-state index in [0.717, 1.165) is 21.9 Å². The lowest BCUT2D eigenvalue weighted by Crippen LogP contribution is -1.93. The summed E-state index contributed by atoms with van der Waals surface area (Å²) in [5.41, 5.74) is 3.01. The number of aromatic nitrogens is 3. The first-order valence-electron chi connectivity index (χ1n) is 5.31. The molecule has 2 heterocycles. The third-order valence-corrected chi connectivity index (χ3v) is 3.27. The summed E-state index contributed by atoms with van der Waals surface area (Å²) in [6.45, 7) is 0. The second-order valence-corrected chi connectivity index (χ2v) is 4.45. The van der Waals surface area contributed by atoms with Crippen molar-refractivity contribution in [3.05, 3.63) is 48.9 Å². The summed E-state index contributed by atoms with van der Waals surface area (Å²) in [5, 5.41) is 0.955. The first-order valence-corrected chi connectivity index (χ1v) is 6.54. The van der Waals surface area contributed by atoms with Gasteiger partial charge >= 0.3 is 0 Å². The summed E-state index contributed by atoms with van der Waals surface area (Å²) in [4.78, 5) is 8.95. The molecule has 3 nitrogen and oxygen atoms in total. The van der Waals surface area contributed by atoms with Crippen molar-refractivity contribution in [2.45, 2.75) is 5.03 Å². The highest BCUT2D eigenvalue weighted by Gasteiger charge is 2.07. The molecule has 0 amide bonds. The molecule has 0 bridgehead atoms. The average Bonchev–Trinajstić information content (AvgIpc) is 2.86. The van der Waals surface area contributed by atoms with Crippen LogP contribution in [0.15, 0.2) is 53.9 Å². The molecule has 1 aromatic carbocycles. The van der Waals surface area contributed by atoms with Gasteiger partial charge in [0.2, 0.25) is 0 Å². The molecule has 0 N–H and O–H groups in total. The van der Waals surface area contributed by atoms with E-state index in [1.807, 2.05) is 41.2 Å². The van der Waals surface area contributed by atoms with Crippen LogP contribution in [0.4, 0.5) is 0 Å². The first-order chi connectivity index (χ1) is 8.38. The van der Waals surface area contributed by atoms with E-state index in [9.17, 15) is 0 Å². The second-order valence-electron chi connectivity index (χ2n) is 3.66. The summed E-state index contributed by atoms with van der Waals surface area (Å²) in [5.74, 6) is 0. The number of nitrogens with zero attached hydrogens (tertiary/aromatic N) is 3. The molecule has 2 aromatic heterocycles. The lowest BCUT2D eigenvalue weighted by molar-refractivity contribution is 1.04. The molecule has 84 valence electrons. The van der Waals surface area contributed by atoms with E-state index in [2.05, 4.69) is 22.1 Å². The lowest BCUT2D eigenvalue weighted by atomic mass is 10.2. The largest absolute Gasteiger partial charge is 0.303 e. The van der Waals surface area contributed by atoms with Crippen LogP contribution in [0.1, 0.15) is 0 Å². The third kappa shape index (κ3) is 1.80. The van der Waals surface area contributed by atoms with Gasteiger partial charge in [-0.1, -0.05) is 30.3 Å². The van der Waals surface area contributed by atoms with E-state index in [0.29, 0.717) is 0 Å². The summed E-state index contributed by atoms with van der Waals surface area (Å²) in [7, 11) is 0. The number of rotatable bonds is 2. The Balaban J connectivity index is 2.24. The van der Waals surface area contributed by atoms with Crippen molar-refractivity contribution in [3.8, 4) is 11.3 Å². The number of imidazole rings is 1. The van der Waals surface area contributed by atoms with Crippen LogP contribution in [0.2, 0.25) is 0 Å². The van der Waals surface area contributed by atoms with E-state index in [-0.39, 0.29) is 0 Å². The molecule has 0 aliphatic carbocycles. The van der Waals surface area contributed by atoms with Crippen LogP contribution in [0, 0.1) is 0 Å². The fourth-order valence-electron chi connectivity index (χ4n) is 1.79. The standard InChI is InChI=1S/C13H11N3S/c1-17-13-12-14-7-8-16(12)9-11(15-13)10-5-3-2-4-6-10/h2-9H,1H3. The summed E-state index contributed by atoms with van der Waals surface area (Å²) >= 11 is 1.62. The van der Waals surface area contributed by atoms with Crippen molar-refractivity contribution in [1.82, 2.24) is 14.4 Å². The molecular formula is C13H11N3S. The van der Waals surface area contributed by atoms with Crippen LogP contribution >= 0.6 is 11.8 Å². The smallest absolute Gasteiger partial charge is 0.169 e. The monoisotopic (exact) mass is 241 g/mol. The molecule has 0 spiro atoms.